The zero-order valence-electron chi connectivity index (χ0n) is 16.9. The molecule has 1 amide bonds. The molecule has 0 radical (unpaired) electrons. The topological polar surface area (TPSA) is 69.7 Å². The highest BCUT2D eigenvalue weighted by Crippen LogP contribution is 2.35. The predicted molar refractivity (Wildman–Crippen MR) is 119 cm³/mol. The lowest BCUT2D eigenvalue weighted by Crippen LogP contribution is -2.41. The maximum absolute atomic E-state index is 13.0. The van der Waals surface area contributed by atoms with Crippen molar-refractivity contribution in [3.8, 4) is 0 Å². The van der Waals surface area contributed by atoms with Crippen molar-refractivity contribution in [1.29, 1.82) is 0 Å². The second kappa shape index (κ2) is 8.95. The van der Waals surface area contributed by atoms with Crippen LogP contribution >= 0.6 is 15.9 Å². The standard InChI is InChI=1S/C21H26BrN3O3S/c1-15(26)25-10-9-17-12-19(22)21(13-20(17)25)29(27,28)23-14-18(24(2)3)11-16-7-5-4-6-8-16/h4-8,12-13,18,23H,9-11,14H2,1-3H3. The van der Waals surface area contributed by atoms with E-state index in [9.17, 15) is 13.2 Å². The van der Waals surface area contributed by atoms with E-state index >= 15 is 0 Å². The van der Waals surface area contributed by atoms with Crippen LogP contribution in [0.2, 0.25) is 0 Å². The van der Waals surface area contributed by atoms with Crippen molar-refractivity contribution in [2.24, 2.45) is 0 Å². The number of anilines is 1. The number of fused-ring (bicyclic) bond motifs is 1. The van der Waals surface area contributed by atoms with Gasteiger partial charge in [-0.15, -0.1) is 0 Å². The number of carbonyl (C=O) groups excluding carboxylic acids is 1. The molecule has 3 rings (SSSR count). The summed E-state index contributed by atoms with van der Waals surface area (Å²) in [6.07, 6.45) is 1.46. The van der Waals surface area contributed by atoms with Crippen LogP contribution in [-0.4, -0.2) is 52.5 Å². The second-order valence-corrected chi connectivity index (χ2v) is 10.1. The van der Waals surface area contributed by atoms with E-state index in [-0.39, 0.29) is 23.4 Å². The Bertz CT molecular complexity index is 994. The lowest BCUT2D eigenvalue weighted by Gasteiger charge is -2.25. The van der Waals surface area contributed by atoms with Crippen molar-refractivity contribution in [2.45, 2.75) is 30.7 Å². The predicted octanol–water partition coefficient (Wildman–Crippen LogP) is 2.81. The zero-order valence-corrected chi connectivity index (χ0v) is 19.3. The van der Waals surface area contributed by atoms with Crippen molar-refractivity contribution in [1.82, 2.24) is 9.62 Å². The smallest absolute Gasteiger partial charge is 0.241 e. The van der Waals surface area contributed by atoms with Gasteiger partial charge >= 0.3 is 0 Å². The van der Waals surface area contributed by atoms with E-state index in [1.165, 1.54) is 6.92 Å². The molecule has 8 heteroatoms. The van der Waals surface area contributed by atoms with E-state index in [2.05, 4.69) is 20.7 Å². The first-order chi connectivity index (χ1) is 13.7. The summed E-state index contributed by atoms with van der Waals surface area (Å²) in [4.78, 5) is 15.7. The average molecular weight is 480 g/mol. The molecule has 0 saturated carbocycles. The molecule has 1 unspecified atom stereocenters. The number of hydrogen-bond donors (Lipinski definition) is 1. The molecule has 156 valence electrons. The van der Waals surface area contributed by atoms with Gasteiger partial charge in [0.25, 0.3) is 0 Å². The Morgan fingerprint density at radius 2 is 1.93 bits per heavy atom. The van der Waals surface area contributed by atoms with Gasteiger partial charge < -0.3 is 9.80 Å². The van der Waals surface area contributed by atoms with Crippen LogP contribution in [0.3, 0.4) is 0 Å². The first-order valence-corrected chi connectivity index (χ1v) is 11.8. The molecule has 6 nitrogen and oxygen atoms in total. The number of sulfonamides is 1. The maximum atomic E-state index is 13.0. The van der Waals surface area contributed by atoms with E-state index in [1.54, 1.807) is 17.0 Å². The fraction of sp³-hybridized carbons (Fsp3) is 0.381. The molecule has 0 bridgehead atoms. The van der Waals surface area contributed by atoms with Gasteiger partial charge in [-0.1, -0.05) is 30.3 Å². The molecule has 0 spiro atoms. The summed E-state index contributed by atoms with van der Waals surface area (Å²) in [6.45, 7) is 2.35. The van der Waals surface area contributed by atoms with E-state index in [4.69, 9.17) is 0 Å². The number of hydrogen-bond acceptors (Lipinski definition) is 4. The summed E-state index contributed by atoms with van der Waals surface area (Å²) >= 11 is 3.40. The second-order valence-electron chi connectivity index (χ2n) is 7.49. The van der Waals surface area contributed by atoms with Crippen LogP contribution in [0.1, 0.15) is 18.1 Å². The first kappa shape index (κ1) is 22.0. The van der Waals surface area contributed by atoms with Gasteiger partial charge in [0.15, 0.2) is 0 Å². The SMILES string of the molecule is CC(=O)N1CCc2cc(Br)c(S(=O)(=O)NCC(Cc3ccccc3)N(C)C)cc21. The van der Waals surface area contributed by atoms with E-state index in [1.807, 2.05) is 49.3 Å². The Labute approximate surface area is 181 Å². The van der Waals surface area contributed by atoms with Crippen LogP contribution in [0.5, 0.6) is 0 Å². The maximum Gasteiger partial charge on any atom is 0.241 e. The molecule has 1 aliphatic rings. The summed E-state index contributed by atoms with van der Waals surface area (Å²) < 4.78 is 29.4. The van der Waals surface area contributed by atoms with Gasteiger partial charge in [-0.25, -0.2) is 13.1 Å². The number of nitrogens with one attached hydrogen (secondary N) is 1. The molecule has 1 heterocycles. The minimum atomic E-state index is -3.74. The van der Waals surface area contributed by atoms with Crippen LogP contribution in [-0.2, 0) is 27.7 Å². The van der Waals surface area contributed by atoms with E-state index in [0.29, 0.717) is 16.7 Å². The monoisotopic (exact) mass is 479 g/mol. The Kier molecular flexibility index (Phi) is 6.78. The highest BCUT2D eigenvalue weighted by atomic mass is 79.9. The van der Waals surface area contributed by atoms with Gasteiger partial charge in [-0.3, -0.25) is 4.79 Å². The highest BCUT2D eigenvalue weighted by Gasteiger charge is 2.28. The summed E-state index contributed by atoms with van der Waals surface area (Å²) in [5.74, 6) is -0.0853. The first-order valence-electron chi connectivity index (χ1n) is 9.49. The molecule has 1 N–H and O–H groups in total. The molecule has 0 saturated heterocycles. The van der Waals surface area contributed by atoms with Crippen LogP contribution in [0.4, 0.5) is 5.69 Å². The van der Waals surface area contributed by atoms with Gasteiger partial charge in [-0.2, -0.15) is 0 Å². The molecule has 29 heavy (non-hydrogen) atoms. The molecule has 0 aromatic heterocycles. The molecule has 2 aromatic carbocycles. The third-order valence-electron chi connectivity index (χ3n) is 5.25. The van der Waals surface area contributed by atoms with E-state index < -0.39 is 10.0 Å². The molecular weight excluding hydrogens is 454 g/mol. The Balaban J connectivity index is 1.80. The normalized spacial score (nSPS) is 14.9. The minimum absolute atomic E-state index is 0.00842. The Morgan fingerprint density at radius 3 is 2.55 bits per heavy atom. The molecule has 0 aliphatic carbocycles. The average Bonchev–Trinajstić information content (AvgIpc) is 3.08. The van der Waals surface area contributed by atoms with Crippen molar-refractivity contribution in [2.75, 3.05) is 32.1 Å². The minimum Gasteiger partial charge on any atom is -0.312 e. The van der Waals surface area contributed by atoms with Crippen LogP contribution in [0.15, 0.2) is 51.8 Å². The summed E-state index contributed by atoms with van der Waals surface area (Å²) in [6, 6.07) is 13.4. The number of likely N-dealkylation sites (N-methyl/N-ethyl adjacent to an activating group) is 1. The fourth-order valence-electron chi connectivity index (χ4n) is 3.53. The van der Waals surface area contributed by atoms with Crippen LogP contribution in [0.25, 0.3) is 0 Å². The van der Waals surface area contributed by atoms with E-state index in [0.717, 1.165) is 24.0 Å². The molecule has 1 aliphatic heterocycles. The van der Waals surface area contributed by atoms with Crippen molar-refractivity contribution in [3.63, 3.8) is 0 Å². The third-order valence-corrected chi connectivity index (χ3v) is 7.63. The largest absolute Gasteiger partial charge is 0.312 e. The number of nitrogens with zero attached hydrogens (tertiary/aromatic N) is 2. The lowest BCUT2D eigenvalue weighted by atomic mass is 10.1. The third kappa shape index (κ3) is 5.06. The van der Waals surface area contributed by atoms with Gasteiger partial charge in [0.1, 0.15) is 0 Å². The fourth-order valence-corrected chi connectivity index (χ4v) is 5.71. The van der Waals surface area contributed by atoms with Crippen LogP contribution < -0.4 is 9.62 Å². The highest BCUT2D eigenvalue weighted by molar-refractivity contribution is 9.10. The summed E-state index contributed by atoms with van der Waals surface area (Å²) in [5, 5.41) is 0. The quantitative estimate of drug-likeness (QED) is 0.662. The zero-order chi connectivity index (χ0) is 21.2. The van der Waals surface area contributed by atoms with Crippen molar-refractivity contribution in [3.05, 3.63) is 58.1 Å². The lowest BCUT2D eigenvalue weighted by molar-refractivity contribution is -0.116. The summed E-state index contributed by atoms with van der Waals surface area (Å²) in [7, 11) is 0.141. The summed E-state index contributed by atoms with van der Waals surface area (Å²) in [5.41, 5.74) is 2.80. The molecule has 0 fully saturated rings. The van der Waals surface area contributed by atoms with Crippen molar-refractivity contribution >= 4 is 37.5 Å². The number of halogens is 1. The number of carbonyl (C=O) groups is 1. The van der Waals surface area contributed by atoms with Gasteiger partial charge in [0.05, 0.1) is 4.90 Å². The molecular formula is C21H26BrN3O3S. The number of benzene rings is 2. The number of amides is 1. The molecule has 2 aromatic rings. The van der Waals surface area contributed by atoms with Gasteiger partial charge in [0, 0.05) is 36.2 Å². The van der Waals surface area contributed by atoms with Gasteiger partial charge in [0.2, 0.25) is 15.9 Å². The Morgan fingerprint density at radius 1 is 1.24 bits per heavy atom. The van der Waals surface area contributed by atoms with Gasteiger partial charge in [-0.05, 0) is 66.1 Å². The van der Waals surface area contributed by atoms with Crippen LogP contribution in [0, 0.1) is 0 Å². The van der Waals surface area contributed by atoms with Crippen molar-refractivity contribution < 1.29 is 13.2 Å². The molecule has 1 atom stereocenters. The Hall–Kier alpha value is -1.74. The number of rotatable bonds is 7.